The molecule has 0 aliphatic carbocycles. The van der Waals surface area contributed by atoms with Crippen molar-refractivity contribution in [2.24, 2.45) is 5.92 Å². The first-order valence-electron chi connectivity index (χ1n) is 19.4. The van der Waals surface area contributed by atoms with Crippen LogP contribution in [-0.4, -0.2) is 234 Å². The van der Waals surface area contributed by atoms with Gasteiger partial charge < -0.3 is 109 Å². The van der Waals surface area contributed by atoms with E-state index in [0.29, 0.717) is 0 Å². The molecule has 1 aromatic carbocycles. The molecule has 25 heteroatoms. The van der Waals surface area contributed by atoms with Crippen LogP contribution >= 0.6 is 0 Å². The van der Waals surface area contributed by atoms with E-state index in [-0.39, 0.29) is 5.56 Å². The van der Waals surface area contributed by atoms with Crippen LogP contribution < -0.4 is 0 Å². The average molecular weight is 901 g/mol. The Hall–Kier alpha value is -3.13. The smallest absolute Gasteiger partial charge is 0.338 e. The maximum atomic E-state index is 12.6. The van der Waals surface area contributed by atoms with Gasteiger partial charge in [0.05, 0.1) is 37.9 Å². The lowest BCUT2D eigenvalue weighted by molar-refractivity contribution is -0.383. The van der Waals surface area contributed by atoms with Crippen LogP contribution in [0.5, 0.6) is 0 Å². The molecule has 0 unspecified atom stereocenters. The topological polar surface area (TPSA) is 397 Å². The molecule has 5 rings (SSSR count). The zero-order chi connectivity index (χ0) is 46.3. The van der Waals surface area contributed by atoms with E-state index < -0.39 is 173 Å². The lowest BCUT2D eigenvalue weighted by Gasteiger charge is -2.43. The maximum Gasteiger partial charge on any atom is 0.338 e. The first-order valence-corrected chi connectivity index (χ1v) is 19.4. The number of benzene rings is 1. The number of hydrogen-bond donors (Lipinski definition) is 13. The van der Waals surface area contributed by atoms with E-state index in [4.69, 9.17) is 42.6 Å². The van der Waals surface area contributed by atoms with Gasteiger partial charge in [0.2, 0.25) is 11.6 Å². The monoisotopic (exact) mass is 900 g/mol. The number of hydrogen-bond acceptors (Lipinski definition) is 25. The van der Waals surface area contributed by atoms with Gasteiger partial charge in [-0.3, -0.25) is 9.59 Å². The molecule has 25 nitrogen and oxygen atoms in total. The molecule has 354 valence electrons. The number of ether oxygens (including phenoxy) is 9. The summed E-state index contributed by atoms with van der Waals surface area (Å²) in [6.07, 6.45) is -26.2. The minimum Gasteiger partial charge on any atom is -0.460 e. The van der Waals surface area contributed by atoms with Crippen molar-refractivity contribution >= 4 is 17.9 Å². The van der Waals surface area contributed by atoms with E-state index in [1.54, 1.807) is 18.2 Å². The predicted octanol–water partition coefficient (Wildman–Crippen LogP) is -7.15. The molecule has 62 heavy (non-hydrogen) atoms. The number of carbonyl (C=O) groups excluding carboxylic acids is 3. The summed E-state index contributed by atoms with van der Waals surface area (Å²) in [4.78, 5) is 36.2. The Morgan fingerprint density at radius 2 is 1.05 bits per heavy atom. The Balaban J connectivity index is 0.000000287. The maximum absolute atomic E-state index is 12.6. The Bertz CT molecular complexity index is 1580. The van der Waals surface area contributed by atoms with Gasteiger partial charge >= 0.3 is 17.9 Å². The Morgan fingerprint density at radius 3 is 1.50 bits per heavy atom. The van der Waals surface area contributed by atoms with Crippen molar-refractivity contribution in [1.29, 1.82) is 0 Å². The summed E-state index contributed by atoms with van der Waals surface area (Å²) in [5.41, 5.74) is 0.161. The van der Waals surface area contributed by atoms with Gasteiger partial charge in [-0.05, 0) is 12.1 Å². The lowest BCUT2D eigenvalue weighted by atomic mass is 9.99. The van der Waals surface area contributed by atoms with Gasteiger partial charge in [-0.2, -0.15) is 0 Å². The van der Waals surface area contributed by atoms with Gasteiger partial charge in [0.1, 0.15) is 92.6 Å². The number of aliphatic hydroxyl groups excluding tert-OH is 13. The van der Waals surface area contributed by atoms with Gasteiger partial charge in [0.25, 0.3) is 0 Å². The molecule has 0 radical (unpaired) electrons. The van der Waals surface area contributed by atoms with Gasteiger partial charge in [-0.1, -0.05) is 32.0 Å². The van der Waals surface area contributed by atoms with E-state index in [2.05, 4.69) is 0 Å². The number of rotatable bonds is 15. The van der Waals surface area contributed by atoms with E-state index in [1.165, 1.54) is 26.0 Å². The summed E-state index contributed by atoms with van der Waals surface area (Å²) >= 11 is 0. The van der Waals surface area contributed by atoms with Gasteiger partial charge in [0.15, 0.2) is 18.7 Å². The highest BCUT2D eigenvalue weighted by atomic mass is 16.8. The molecular weight excluding hydrogens is 844 g/mol. The molecule has 4 fully saturated rings. The van der Waals surface area contributed by atoms with Crippen LogP contribution in [0.25, 0.3) is 0 Å². The average Bonchev–Trinajstić information content (AvgIpc) is 3.66. The van der Waals surface area contributed by atoms with Crippen molar-refractivity contribution in [1.82, 2.24) is 0 Å². The fraction of sp³-hybridized carbons (Fsp3) is 0.757. The molecule has 13 N–H and O–H groups in total. The van der Waals surface area contributed by atoms with Crippen molar-refractivity contribution in [3.05, 3.63) is 35.9 Å². The zero-order valence-electron chi connectivity index (χ0n) is 33.7. The Labute approximate surface area is 353 Å². The summed E-state index contributed by atoms with van der Waals surface area (Å²) in [7, 11) is 0. The third kappa shape index (κ3) is 11.4. The van der Waals surface area contributed by atoms with Crippen LogP contribution in [0, 0.1) is 5.92 Å². The minimum absolute atomic E-state index is 0.161. The summed E-state index contributed by atoms with van der Waals surface area (Å²) in [6.45, 7) is -0.314. The summed E-state index contributed by atoms with van der Waals surface area (Å²) in [5, 5.41) is 129. The highest BCUT2D eigenvalue weighted by molar-refractivity contribution is 5.89. The van der Waals surface area contributed by atoms with E-state index in [9.17, 15) is 80.8 Å². The standard InChI is InChI=1S/C23H32O13.C14H24O12/c1-11(2)20(30)34-19-16(27)14(9-25)35-23(19,10-32-21(31)12-6-4-3-5-7-12)36-22-18(29)17(28)15(26)13(8-24)33-22;1-5(17)23-4-14(12(22)9(19)7(3-16)25-14)26-13-11(21)10(20)8(18)6(2-15)24-13/h3-7,11,13-19,22,24-29H,8-10H2,1-2H3;6-13,15-16,18-22H,2-4H2,1H3/t13-,14-,15-,16-,17+,18-,19+,22-,23+;6-,7-,8-,9-,10+,11-,12+,13-,14+/m11/s1. The molecule has 4 heterocycles. The molecule has 0 aromatic heterocycles. The first kappa shape index (κ1) is 51.5. The SMILES string of the molecule is CC(=O)OC[C@@]1(O[C@H]2O[C@H](CO)[C@@H](O)[C@H](O)[C@H]2O)O[C@H](CO)[C@@H](O)[C@@H]1O.CC(C)C(=O)O[C@H]1[C@H](O)[C@@H](CO)O[C@@]1(COC(=O)c1ccccc1)O[C@H]1O[C@H](CO)[C@@H](O)[C@H](O)[C@H]1O. The Morgan fingerprint density at radius 1 is 0.597 bits per heavy atom. The third-order valence-electron chi connectivity index (χ3n) is 10.3. The van der Waals surface area contributed by atoms with Crippen LogP contribution in [0.3, 0.4) is 0 Å². The van der Waals surface area contributed by atoms with Crippen molar-refractivity contribution in [3.63, 3.8) is 0 Å². The second-order valence-electron chi connectivity index (χ2n) is 15.1. The van der Waals surface area contributed by atoms with Crippen molar-refractivity contribution in [2.45, 2.75) is 130 Å². The third-order valence-corrected chi connectivity index (χ3v) is 10.3. The van der Waals surface area contributed by atoms with E-state index in [0.717, 1.165) is 6.92 Å². The van der Waals surface area contributed by atoms with E-state index >= 15 is 0 Å². The van der Waals surface area contributed by atoms with Crippen LogP contribution in [0.2, 0.25) is 0 Å². The van der Waals surface area contributed by atoms with Crippen LogP contribution in [0.4, 0.5) is 0 Å². The number of aliphatic hydroxyl groups is 13. The molecule has 0 amide bonds. The van der Waals surface area contributed by atoms with Gasteiger partial charge in [0, 0.05) is 6.92 Å². The highest BCUT2D eigenvalue weighted by Gasteiger charge is 2.62. The fourth-order valence-electron chi connectivity index (χ4n) is 6.66. The van der Waals surface area contributed by atoms with Crippen LogP contribution in [0.15, 0.2) is 30.3 Å². The second-order valence-corrected chi connectivity index (χ2v) is 15.1. The van der Waals surface area contributed by atoms with Crippen molar-refractivity contribution < 1.29 is 123 Å². The van der Waals surface area contributed by atoms with E-state index in [1.807, 2.05) is 0 Å². The quantitative estimate of drug-likeness (QED) is 0.0574. The van der Waals surface area contributed by atoms with Crippen molar-refractivity contribution in [3.8, 4) is 0 Å². The molecule has 18 atom stereocenters. The Kier molecular flexibility index (Phi) is 18.4. The number of carbonyl (C=O) groups is 3. The molecule has 0 bridgehead atoms. The fourth-order valence-corrected chi connectivity index (χ4v) is 6.66. The molecule has 4 aliphatic heterocycles. The molecule has 4 saturated heterocycles. The zero-order valence-corrected chi connectivity index (χ0v) is 33.7. The van der Waals surface area contributed by atoms with Crippen LogP contribution in [-0.2, 0) is 52.2 Å². The molecule has 0 spiro atoms. The lowest BCUT2D eigenvalue weighted by Crippen LogP contribution is -2.63. The molecule has 4 aliphatic rings. The summed E-state index contributed by atoms with van der Waals surface area (Å²) < 4.78 is 48.3. The number of esters is 3. The van der Waals surface area contributed by atoms with Crippen LogP contribution in [0.1, 0.15) is 31.1 Å². The normalized spacial score (nSPS) is 40.7. The summed E-state index contributed by atoms with van der Waals surface area (Å²) in [6, 6.07) is 7.84. The van der Waals surface area contributed by atoms with Crippen molar-refractivity contribution in [2.75, 3.05) is 39.6 Å². The van der Waals surface area contributed by atoms with Gasteiger partial charge in [-0.25, -0.2) is 4.79 Å². The molecule has 1 aromatic rings. The minimum atomic E-state index is -2.32. The first-order chi connectivity index (χ1) is 29.2. The van der Waals surface area contributed by atoms with Gasteiger partial charge in [-0.15, -0.1) is 0 Å². The molecular formula is C37H56O25. The highest BCUT2D eigenvalue weighted by Crippen LogP contribution is 2.40. The second kappa shape index (κ2) is 22.2. The molecule has 0 saturated carbocycles. The largest absolute Gasteiger partial charge is 0.460 e. The predicted molar refractivity (Wildman–Crippen MR) is 195 cm³/mol. The summed E-state index contributed by atoms with van der Waals surface area (Å²) in [5.74, 6) is -7.58.